The Bertz CT molecular complexity index is 594. The summed E-state index contributed by atoms with van der Waals surface area (Å²) in [7, 11) is 3.31. The van der Waals surface area contributed by atoms with Crippen LogP contribution < -0.4 is 20.1 Å². The fourth-order valence-corrected chi connectivity index (χ4v) is 1.76. The fraction of sp³-hybridized carbons (Fsp3) is 0.188. The second-order valence-electron chi connectivity index (χ2n) is 4.51. The maximum absolute atomic E-state index is 12.1. The van der Waals surface area contributed by atoms with Crippen LogP contribution in [0.3, 0.4) is 0 Å². The molecule has 0 saturated heterocycles. The van der Waals surface area contributed by atoms with Crippen LogP contribution >= 0.6 is 0 Å². The van der Waals surface area contributed by atoms with Crippen molar-refractivity contribution in [1.82, 2.24) is 0 Å². The van der Waals surface area contributed by atoms with E-state index in [1.54, 1.807) is 50.6 Å². The van der Waals surface area contributed by atoms with E-state index in [0.717, 1.165) is 11.4 Å². The van der Waals surface area contributed by atoms with Crippen molar-refractivity contribution in [3.63, 3.8) is 0 Å². The molecule has 1 amide bonds. The number of hydrogen-bond donors (Lipinski definition) is 1. The number of carbonyl (C=O) groups excluding carboxylic acids is 1. The number of rotatable bonds is 5. The monoisotopic (exact) mass is 286 g/mol. The van der Waals surface area contributed by atoms with Crippen LogP contribution in [0.5, 0.6) is 11.5 Å². The third kappa shape index (κ3) is 3.89. The Kier molecular flexibility index (Phi) is 4.66. The molecule has 0 unspecified atom stereocenters. The van der Waals surface area contributed by atoms with Gasteiger partial charge in [0.05, 0.1) is 7.11 Å². The number of methoxy groups -OCH3 is 1. The lowest BCUT2D eigenvalue weighted by molar-refractivity contribution is -0.120. The van der Waals surface area contributed by atoms with Crippen LogP contribution in [0.4, 0.5) is 11.4 Å². The number of benzene rings is 2. The first-order valence-electron chi connectivity index (χ1n) is 6.49. The van der Waals surface area contributed by atoms with Gasteiger partial charge in [-0.25, -0.2) is 0 Å². The molecule has 2 rings (SSSR count). The van der Waals surface area contributed by atoms with Crippen LogP contribution in [0.1, 0.15) is 0 Å². The molecule has 2 aromatic rings. The third-order valence-electron chi connectivity index (χ3n) is 3.08. The van der Waals surface area contributed by atoms with E-state index < -0.39 is 0 Å². The Morgan fingerprint density at radius 2 is 1.62 bits per heavy atom. The molecule has 2 N–H and O–H groups in total. The highest BCUT2D eigenvalue weighted by Crippen LogP contribution is 2.18. The zero-order valence-corrected chi connectivity index (χ0v) is 12.1. The minimum absolute atomic E-state index is 0.0353. The predicted octanol–water partition coefficient (Wildman–Crippen LogP) is 2.32. The van der Waals surface area contributed by atoms with E-state index in [1.807, 2.05) is 12.1 Å². The molecule has 0 aliphatic rings. The van der Waals surface area contributed by atoms with Crippen molar-refractivity contribution >= 4 is 17.3 Å². The molecule has 0 spiro atoms. The lowest BCUT2D eigenvalue weighted by atomic mass is 10.3. The molecule has 21 heavy (non-hydrogen) atoms. The Hall–Kier alpha value is -2.69. The Morgan fingerprint density at radius 1 is 1.05 bits per heavy atom. The van der Waals surface area contributed by atoms with Crippen LogP contribution in [0.2, 0.25) is 0 Å². The molecule has 2 aromatic carbocycles. The molecule has 0 aromatic heterocycles. The summed E-state index contributed by atoms with van der Waals surface area (Å²) in [5, 5.41) is 0. The van der Waals surface area contributed by atoms with Crippen molar-refractivity contribution in [2.75, 3.05) is 31.4 Å². The Morgan fingerprint density at radius 3 is 2.19 bits per heavy atom. The van der Waals surface area contributed by atoms with Gasteiger partial charge < -0.3 is 20.1 Å². The smallest absolute Gasteiger partial charge is 0.264 e. The number of carbonyl (C=O) groups is 1. The Balaban J connectivity index is 1.93. The Labute approximate surface area is 123 Å². The summed E-state index contributed by atoms with van der Waals surface area (Å²) in [6.45, 7) is -0.0353. The zero-order chi connectivity index (χ0) is 15.2. The largest absolute Gasteiger partial charge is 0.497 e. The number of likely N-dealkylation sites (N-methyl/N-ethyl adjacent to an activating group) is 1. The highest BCUT2D eigenvalue weighted by Gasteiger charge is 2.11. The molecule has 0 atom stereocenters. The molecular weight excluding hydrogens is 268 g/mol. The third-order valence-corrected chi connectivity index (χ3v) is 3.08. The van der Waals surface area contributed by atoms with E-state index in [4.69, 9.17) is 15.2 Å². The van der Waals surface area contributed by atoms with E-state index in [2.05, 4.69) is 0 Å². The van der Waals surface area contributed by atoms with E-state index in [-0.39, 0.29) is 12.5 Å². The van der Waals surface area contributed by atoms with Gasteiger partial charge in [-0.15, -0.1) is 0 Å². The molecule has 5 nitrogen and oxygen atoms in total. The van der Waals surface area contributed by atoms with E-state index in [0.29, 0.717) is 11.4 Å². The van der Waals surface area contributed by atoms with Crippen molar-refractivity contribution in [1.29, 1.82) is 0 Å². The number of nitrogens with zero attached hydrogens (tertiary/aromatic N) is 1. The van der Waals surface area contributed by atoms with Gasteiger partial charge >= 0.3 is 0 Å². The summed E-state index contributed by atoms with van der Waals surface area (Å²) < 4.78 is 10.5. The maximum Gasteiger partial charge on any atom is 0.264 e. The minimum atomic E-state index is -0.142. The number of ether oxygens (including phenoxy) is 2. The van der Waals surface area contributed by atoms with Gasteiger partial charge in [-0.2, -0.15) is 0 Å². The molecule has 0 radical (unpaired) electrons. The summed E-state index contributed by atoms with van der Waals surface area (Å²) in [6.07, 6.45) is 0. The summed E-state index contributed by atoms with van der Waals surface area (Å²) in [5.74, 6) is 1.22. The van der Waals surface area contributed by atoms with Gasteiger partial charge in [0.2, 0.25) is 0 Å². The van der Waals surface area contributed by atoms with Crippen LogP contribution in [-0.4, -0.2) is 26.7 Å². The normalized spacial score (nSPS) is 10.0. The van der Waals surface area contributed by atoms with Gasteiger partial charge in [-0.05, 0) is 48.5 Å². The topological polar surface area (TPSA) is 64.8 Å². The highest BCUT2D eigenvalue weighted by atomic mass is 16.5. The SMILES string of the molecule is COc1ccc(N(C)C(=O)COc2ccc(N)cc2)cc1. The maximum atomic E-state index is 12.1. The van der Waals surface area contributed by atoms with Gasteiger partial charge in [0.15, 0.2) is 6.61 Å². The molecule has 5 heteroatoms. The van der Waals surface area contributed by atoms with Crippen LogP contribution in [0.15, 0.2) is 48.5 Å². The first-order chi connectivity index (χ1) is 10.1. The average molecular weight is 286 g/mol. The molecule has 0 fully saturated rings. The molecule has 0 aliphatic carbocycles. The average Bonchev–Trinajstić information content (AvgIpc) is 2.53. The summed E-state index contributed by atoms with van der Waals surface area (Å²) in [5.41, 5.74) is 7.03. The summed E-state index contributed by atoms with van der Waals surface area (Å²) in [4.78, 5) is 13.6. The number of anilines is 2. The predicted molar refractivity (Wildman–Crippen MR) is 82.8 cm³/mol. The molecule has 0 aliphatic heterocycles. The van der Waals surface area contributed by atoms with Crippen LogP contribution in [0, 0.1) is 0 Å². The summed E-state index contributed by atoms with van der Waals surface area (Å²) in [6, 6.07) is 14.2. The zero-order valence-electron chi connectivity index (χ0n) is 12.1. The fourth-order valence-electron chi connectivity index (χ4n) is 1.76. The quantitative estimate of drug-likeness (QED) is 0.857. The van der Waals surface area contributed by atoms with Crippen molar-refractivity contribution in [3.05, 3.63) is 48.5 Å². The first-order valence-corrected chi connectivity index (χ1v) is 6.49. The standard InChI is InChI=1S/C16H18N2O3/c1-18(13-5-9-14(20-2)10-6-13)16(19)11-21-15-7-3-12(17)4-8-15/h3-10H,11,17H2,1-2H3. The number of nitrogen functional groups attached to an aromatic ring is 1. The molecule has 110 valence electrons. The van der Waals surface area contributed by atoms with Gasteiger partial charge in [-0.1, -0.05) is 0 Å². The van der Waals surface area contributed by atoms with Gasteiger partial charge in [-0.3, -0.25) is 4.79 Å². The van der Waals surface area contributed by atoms with E-state index in [9.17, 15) is 4.79 Å². The van der Waals surface area contributed by atoms with Gasteiger partial charge in [0.25, 0.3) is 5.91 Å². The molecule has 0 bridgehead atoms. The van der Waals surface area contributed by atoms with Crippen molar-refractivity contribution in [2.24, 2.45) is 0 Å². The van der Waals surface area contributed by atoms with Crippen molar-refractivity contribution in [3.8, 4) is 11.5 Å². The minimum Gasteiger partial charge on any atom is -0.497 e. The second-order valence-corrected chi connectivity index (χ2v) is 4.51. The molecule has 0 saturated carbocycles. The van der Waals surface area contributed by atoms with Crippen molar-refractivity contribution in [2.45, 2.75) is 0 Å². The number of amides is 1. The van der Waals surface area contributed by atoms with Gasteiger partial charge in [0, 0.05) is 18.4 Å². The summed E-state index contributed by atoms with van der Waals surface area (Å²) >= 11 is 0. The van der Waals surface area contributed by atoms with Crippen LogP contribution in [0.25, 0.3) is 0 Å². The number of nitrogens with two attached hydrogens (primary N) is 1. The lowest BCUT2D eigenvalue weighted by Crippen LogP contribution is -2.31. The first kappa shape index (κ1) is 14.7. The molecular formula is C16H18N2O3. The molecule has 0 heterocycles. The lowest BCUT2D eigenvalue weighted by Gasteiger charge is -2.18. The van der Waals surface area contributed by atoms with Gasteiger partial charge in [0.1, 0.15) is 11.5 Å². The van der Waals surface area contributed by atoms with Crippen LogP contribution in [-0.2, 0) is 4.79 Å². The van der Waals surface area contributed by atoms with E-state index >= 15 is 0 Å². The van der Waals surface area contributed by atoms with E-state index in [1.165, 1.54) is 4.90 Å². The number of hydrogen-bond acceptors (Lipinski definition) is 4. The second kappa shape index (κ2) is 6.65. The van der Waals surface area contributed by atoms with Crippen molar-refractivity contribution < 1.29 is 14.3 Å². The highest BCUT2D eigenvalue weighted by molar-refractivity contribution is 5.93.